The third kappa shape index (κ3) is 11.1. The normalized spacial score (nSPS) is 15.2. The highest BCUT2D eigenvalue weighted by Crippen LogP contribution is 2.32. The minimum Gasteiger partial charge on any atom is -0.493 e. The molecule has 2 aromatic carbocycles. The van der Waals surface area contributed by atoms with Crippen molar-refractivity contribution in [3.8, 4) is 11.5 Å². The summed E-state index contributed by atoms with van der Waals surface area (Å²) in [6.07, 6.45) is 3.47. The third-order valence-corrected chi connectivity index (χ3v) is 7.74. The molecule has 2 aromatic rings. The summed E-state index contributed by atoms with van der Waals surface area (Å²) in [7, 11) is 3.32. The fourth-order valence-corrected chi connectivity index (χ4v) is 5.10. The van der Waals surface area contributed by atoms with Crippen molar-refractivity contribution >= 4 is 5.91 Å². The summed E-state index contributed by atoms with van der Waals surface area (Å²) in [5.74, 6) is 1.44. The molecule has 4 N–H and O–H groups in total. The summed E-state index contributed by atoms with van der Waals surface area (Å²) in [5.41, 5.74) is 8.24. The van der Waals surface area contributed by atoms with Crippen LogP contribution in [0.4, 0.5) is 0 Å². The first kappa shape index (κ1) is 33.6. The molecule has 0 aliphatic carbocycles. The molecule has 0 aromatic heterocycles. The molecule has 1 amide bonds. The Hall–Kier alpha value is -2.61. The molecule has 0 radical (unpaired) electrons. The van der Waals surface area contributed by atoms with Crippen molar-refractivity contribution in [2.24, 2.45) is 23.5 Å². The Morgan fingerprint density at radius 3 is 2.40 bits per heavy atom. The Kier molecular flexibility index (Phi) is 14.5. The van der Waals surface area contributed by atoms with Gasteiger partial charge < -0.3 is 30.4 Å². The van der Waals surface area contributed by atoms with Gasteiger partial charge in [0.2, 0.25) is 5.91 Å². The van der Waals surface area contributed by atoms with Gasteiger partial charge in [-0.15, -0.1) is 0 Å². The first-order valence-corrected chi connectivity index (χ1v) is 14.7. The van der Waals surface area contributed by atoms with Gasteiger partial charge in [0.15, 0.2) is 11.5 Å². The van der Waals surface area contributed by atoms with Crippen molar-refractivity contribution in [2.45, 2.75) is 77.9 Å². The largest absolute Gasteiger partial charge is 0.493 e. The summed E-state index contributed by atoms with van der Waals surface area (Å²) in [6.45, 7) is 9.86. The number of aliphatic hydroxyl groups is 1. The van der Waals surface area contributed by atoms with E-state index in [1.165, 1.54) is 5.56 Å². The molecule has 0 aliphatic rings. The monoisotopic (exact) mass is 556 g/mol. The van der Waals surface area contributed by atoms with Crippen molar-refractivity contribution in [3.05, 3.63) is 59.7 Å². The van der Waals surface area contributed by atoms with Crippen LogP contribution in [0.3, 0.4) is 0 Å². The molecular formula is C33H52N2O5. The Bertz CT molecular complexity index is 996. The number of amides is 1. The van der Waals surface area contributed by atoms with Gasteiger partial charge in [0, 0.05) is 38.1 Å². The number of methoxy groups -OCH3 is 2. The Balaban J connectivity index is 1.98. The molecule has 0 saturated carbocycles. The second kappa shape index (κ2) is 17.3. The van der Waals surface area contributed by atoms with Crippen LogP contribution in [0.15, 0.2) is 48.5 Å². The number of carbonyl (C=O) groups is 1. The van der Waals surface area contributed by atoms with Gasteiger partial charge in [0.1, 0.15) is 0 Å². The maximum atomic E-state index is 13.1. The van der Waals surface area contributed by atoms with Crippen molar-refractivity contribution in [1.29, 1.82) is 0 Å². The van der Waals surface area contributed by atoms with E-state index in [1.807, 2.05) is 51.1 Å². The average molecular weight is 557 g/mol. The van der Waals surface area contributed by atoms with E-state index < -0.39 is 11.6 Å². The lowest BCUT2D eigenvalue weighted by Gasteiger charge is -2.36. The van der Waals surface area contributed by atoms with Crippen molar-refractivity contribution < 1.29 is 24.1 Å². The Morgan fingerprint density at radius 1 is 1.05 bits per heavy atom. The average Bonchev–Trinajstić information content (AvgIpc) is 2.93. The SMILES string of the molecule is CC[C@@H](Cc1ccc(OC)c(OCCCOC)c1)C[C@](C)(N)[C@@H](O)C[C@H](C(=O)NCCc1ccccc1)C(C)C. The number of ether oxygens (including phenoxy) is 3. The molecule has 0 saturated heterocycles. The summed E-state index contributed by atoms with van der Waals surface area (Å²) >= 11 is 0. The lowest BCUT2D eigenvalue weighted by atomic mass is 9.77. The number of nitrogens with two attached hydrogens (primary N) is 1. The highest BCUT2D eigenvalue weighted by atomic mass is 16.5. The standard InChI is InChI=1S/C33H52N2O5/c1-7-25(20-27-14-15-29(39-6)30(21-27)40-19-11-18-38-5)23-33(4,34)31(36)22-28(24(2)3)32(37)35-17-16-26-12-9-8-10-13-26/h8-10,12-15,21,24-25,28,31,36H,7,11,16-20,22-23,34H2,1-6H3,(H,35,37)/t25-,28-,31-,33-/m0/s1. The van der Waals surface area contributed by atoms with Gasteiger partial charge in [-0.3, -0.25) is 4.79 Å². The molecule has 0 aliphatic heterocycles. The predicted octanol–water partition coefficient (Wildman–Crippen LogP) is 5.17. The van der Waals surface area contributed by atoms with E-state index >= 15 is 0 Å². The first-order chi connectivity index (χ1) is 19.1. The van der Waals surface area contributed by atoms with E-state index in [0.717, 1.165) is 37.0 Å². The zero-order valence-electron chi connectivity index (χ0n) is 25.4. The zero-order valence-corrected chi connectivity index (χ0v) is 25.4. The second-order valence-electron chi connectivity index (χ2n) is 11.5. The van der Waals surface area contributed by atoms with Gasteiger partial charge in [0.25, 0.3) is 0 Å². The van der Waals surface area contributed by atoms with E-state index in [9.17, 15) is 9.90 Å². The maximum Gasteiger partial charge on any atom is 0.223 e. The number of hydrogen-bond donors (Lipinski definition) is 3. The minimum atomic E-state index is -0.829. The van der Waals surface area contributed by atoms with Crippen LogP contribution in [0.1, 0.15) is 64.5 Å². The van der Waals surface area contributed by atoms with Gasteiger partial charge in [-0.05, 0) is 67.7 Å². The molecule has 40 heavy (non-hydrogen) atoms. The van der Waals surface area contributed by atoms with Crippen LogP contribution in [0, 0.1) is 17.8 Å². The lowest BCUT2D eigenvalue weighted by molar-refractivity contribution is -0.128. The van der Waals surface area contributed by atoms with Crippen LogP contribution in [0.5, 0.6) is 11.5 Å². The molecule has 0 spiro atoms. The summed E-state index contributed by atoms with van der Waals surface area (Å²) < 4.78 is 16.6. The van der Waals surface area contributed by atoms with Crippen molar-refractivity contribution in [2.75, 3.05) is 34.0 Å². The predicted molar refractivity (Wildman–Crippen MR) is 162 cm³/mol. The fraction of sp³-hybridized carbons (Fsp3) is 0.606. The Labute approximate surface area is 241 Å². The van der Waals surface area contributed by atoms with Gasteiger partial charge >= 0.3 is 0 Å². The maximum absolute atomic E-state index is 13.1. The smallest absolute Gasteiger partial charge is 0.223 e. The van der Waals surface area contributed by atoms with E-state index in [0.29, 0.717) is 38.3 Å². The quantitative estimate of drug-likeness (QED) is 0.206. The molecule has 0 unspecified atom stereocenters. The Morgan fingerprint density at radius 2 is 1.77 bits per heavy atom. The summed E-state index contributed by atoms with van der Waals surface area (Å²) in [4.78, 5) is 13.1. The zero-order chi connectivity index (χ0) is 29.5. The van der Waals surface area contributed by atoms with Crippen molar-refractivity contribution in [3.63, 3.8) is 0 Å². The summed E-state index contributed by atoms with van der Waals surface area (Å²) in [5, 5.41) is 14.3. The van der Waals surface area contributed by atoms with Crippen LogP contribution in [0.2, 0.25) is 0 Å². The highest BCUT2D eigenvalue weighted by Gasteiger charge is 2.35. The summed E-state index contributed by atoms with van der Waals surface area (Å²) in [6, 6.07) is 16.1. The highest BCUT2D eigenvalue weighted by molar-refractivity contribution is 5.78. The van der Waals surface area contributed by atoms with Crippen LogP contribution >= 0.6 is 0 Å². The van der Waals surface area contributed by atoms with Crippen LogP contribution < -0.4 is 20.5 Å². The lowest BCUT2D eigenvalue weighted by Crippen LogP contribution is -2.51. The van der Waals surface area contributed by atoms with Gasteiger partial charge in [-0.1, -0.05) is 63.6 Å². The van der Waals surface area contributed by atoms with Gasteiger partial charge in [-0.2, -0.15) is 0 Å². The van der Waals surface area contributed by atoms with E-state index in [2.05, 4.69) is 30.4 Å². The van der Waals surface area contributed by atoms with Gasteiger partial charge in [-0.25, -0.2) is 0 Å². The second-order valence-corrected chi connectivity index (χ2v) is 11.5. The number of carbonyl (C=O) groups excluding carboxylic acids is 1. The molecule has 0 heterocycles. The molecule has 0 bridgehead atoms. The number of rotatable bonds is 19. The minimum absolute atomic E-state index is 0.0240. The molecule has 7 nitrogen and oxygen atoms in total. The van der Waals surface area contributed by atoms with Crippen LogP contribution in [-0.4, -0.2) is 56.6 Å². The van der Waals surface area contributed by atoms with E-state index in [1.54, 1.807) is 14.2 Å². The fourth-order valence-electron chi connectivity index (χ4n) is 5.10. The number of benzene rings is 2. The van der Waals surface area contributed by atoms with E-state index in [4.69, 9.17) is 19.9 Å². The van der Waals surface area contributed by atoms with Crippen LogP contribution in [-0.2, 0) is 22.4 Å². The topological polar surface area (TPSA) is 103 Å². The molecule has 7 heteroatoms. The molecular weight excluding hydrogens is 504 g/mol. The molecule has 0 fully saturated rings. The van der Waals surface area contributed by atoms with Crippen LogP contribution in [0.25, 0.3) is 0 Å². The van der Waals surface area contributed by atoms with E-state index in [-0.39, 0.29) is 23.7 Å². The number of nitrogens with one attached hydrogen (secondary N) is 1. The molecule has 224 valence electrons. The first-order valence-electron chi connectivity index (χ1n) is 14.7. The number of aliphatic hydroxyl groups excluding tert-OH is 1. The molecule has 4 atom stereocenters. The number of hydrogen-bond acceptors (Lipinski definition) is 6. The van der Waals surface area contributed by atoms with Gasteiger partial charge in [0.05, 0.1) is 19.8 Å². The third-order valence-electron chi connectivity index (χ3n) is 7.74. The van der Waals surface area contributed by atoms with Crippen molar-refractivity contribution in [1.82, 2.24) is 5.32 Å². The molecule has 2 rings (SSSR count).